The molecule has 2 aromatic heterocycles. The zero-order valence-electron chi connectivity index (χ0n) is 16.3. The molecule has 0 aliphatic carbocycles. The fourth-order valence-electron chi connectivity index (χ4n) is 2.50. The van der Waals surface area contributed by atoms with E-state index < -0.39 is 0 Å². The van der Waals surface area contributed by atoms with Crippen LogP contribution in [0.3, 0.4) is 0 Å². The van der Waals surface area contributed by atoms with E-state index in [2.05, 4.69) is 39.5 Å². The molecule has 144 valence electrons. The summed E-state index contributed by atoms with van der Waals surface area (Å²) in [5, 5.41) is 10.7. The molecule has 2 aromatic rings. The molecule has 0 bridgehead atoms. The summed E-state index contributed by atoms with van der Waals surface area (Å²) < 4.78 is 7.29. The number of nitrogens with zero attached hydrogens (tertiary/aromatic N) is 5. The van der Waals surface area contributed by atoms with Gasteiger partial charge in [0.2, 0.25) is 0 Å². The molecule has 2 atom stereocenters. The minimum absolute atomic E-state index is 0.0316. The maximum absolute atomic E-state index is 5.34. The van der Waals surface area contributed by atoms with Gasteiger partial charge in [-0.3, -0.25) is 9.67 Å². The van der Waals surface area contributed by atoms with E-state index >= 15 is 0 Å². The molecule has 0 aromatic carbocycles. The molecule has 0 radical (unpaired) electrons. The third kappa shape index (κ3) is 6.10. The first-order valence-corrected chi connectivity index (χ1v) is 9.85. The van der Waals surface area contributed by atoms with Crippen LogP contribution < -0.4 is 5.32 Å². The first-order chi connectivity index (χ1) is 12.5. The Morgan fingerprint density at radius 2 is 2.27 bits per heavy atom. The normalized spacial score (nSPS) is 14.3. The zero-order valence-corrected chi connectivity index (χ0v) is 17.2. The fourth-order valence-corrected chi connectivity index (χ4v) is 3.34. The van der Waals surface area contributed by atoms with E-state index in [4.69, 9.17) is 9.73 Å². The van der Waals surface area contributed by atoms with E-state index in [1.165, 1.54) is 0 Å². The van der Waals surface area contributed by atoms with Crippen LogP contribution in [0.15, 0.2) is 28.8 Å². The van der Waals surface area contributed by atoms with Gasteiger partial charge < -0.3 is 15.0 Å². The van der Waals surface area contributed by atoms with E-state index in [0.29, 0.717) is 12.5 Å². The molecule has 0 saturated heterocycles. The summed E-state index contributed by atoms with van der Waals surface area (Å²) in [7, 11) is 3.75. The molecule has 0 fully saturated rings. The smallest absolute Gasteiger partial charge is 0.194 e. The third-order valence-corrected chi connectivity index (χ3v) is 5.03. The number of ether oxygens (including phenoxy) is 1. The molecule has 2 rings (SSSR count). The highest BCUT2D eigenvalue weighted by atomic mass is 32.1. The summed E-state index contributed by atoms with van der Waals surface area (Å²) in [6.07, 6.45) is 3.82. The van der Waals surface area contributed by atoms with Crippen molar-refractivity contribution in [3.05, 3.63) is 34.5 Å². The van der Waals surface area contributed by atoms with Crippen molar-refractivity contribution in [1.82, 2.24) is 25.0 Å². The van der Waals surface area contributed by atoms with Gasteiger partial charge in [0, 0.05) is 51.6 Å². The van der Waals surface area contributed by atoms with Gasteiger partial charge in [-0.1, -0.05) is 6.92 Å². The summed E-state index contributed by atoms with van der Waals surface area (Å²) in [5.74, 6) is 1.31. The summed E-state index contributed by atoms with van der Waals surface area (Å²) >= 11 is 1.64. The van der Waals surface area contributed by atoms with E-state index in [1.807, 2.05) is 30.9 Å². The van der Waals surface area contributed by atoms with Gasteiger partial charge in [-0.25, -0.2) is 4.98 Å². The van der Waals surface area contributed by atoms with E-state index in [0.717, 1.165) is 36.3 Å². The molecule has 8 heteroatoms. The maximum Gasteiger partial charge on any atom is 0.194 e. The van der Waals surface area contributed by atoms with Gasteiger partial charge in [-0.05, 0) is 25.8 Å². The molecule has 2 unspecified atom stereocenters. The molecule has 0 saturated carbocycles. The lowest BCUT2D eigenvalue weighted by Gasteiger charge is -2.22. The number of hydrogen-bond acceptors (Lipinski definition) is 5. The Kier molecular flexibility index (Phi) is 8.06. The number of thiazole rings is 1. The summed E-state index contributed by atoms with van der Waals surface area (Å²) in [5.41, 5.74) is 1.03. The first-order valence-electron chi connectivity index (χ1n) is 8.97. The van der Waals surface area contributed by atoms with Gasteiger partial charge in [-0.15, -0.1) is 11.3 Å². The fraction of sp³-hybridized carbons (Fsp3) is 0.611. The molecule has 1 N–H and O–H groups in total. The lowest BCUT2D eigenvalue weighted by molar-refractivity contribution is 0.119. The third-order valence-electron chi connectivity index (χ3n) is 3.98. The van der Waals surface area contributed by atoms with Crippen molar-refractivity contribution in [3.8, 4) is 0 Å². The van der Waals surface area contributed by atoms with Crippen LogP contribution in [0.2, 0.25) is 0 Å². The lowest BCUT2D eigenvalue weighted by Crippen LogP contribution is -2.39. The van der Waals surface area contributed by atoms with E-state index in [1.54, 1.807) is 24.6 Å². The highest BCUT2D eigenvalue weighted by Gasteiger charge is 2.13. The van der Waals surface area contributed by atoms with Crippen molar-refractivity contribution in [1.29, 1.82) is 0 Å². The number of methoxy groups -OCH3 is 1. The van der Waals surface area contributed by atoms with Gasteiger partial charge in [0.1, 0.15) is 11.1 Å². The quantitative estimate of drug-likeness (QED) is 0.537. The van der Waals surface area contributed by atoms with Gasteiger partial charge in [0.05, 0.1) is 12.2 Å². The first kappa shape index (κ1) is 20.4. The number of aromatic nitrogens is 3. The summed E-state index contributed by atoms with van der Waals surface area (Å²) in [6, 6.07) is 1.94. The SMILES string of the molecule is CCNC(=NCC(C)Cn1cccn1)N(C)Cc1csc(C(C)OC)n1. The van der Waals surface area contributed by atoms with Gasteiger partial charge in [0.15, 0.2) is 5.96 Å². The standard InChI is InChI=1S/C18H30N6OS/c1-6-19-18(20-10-14(2)11-24-9-7-8-21-24)23(4)12-16-13-26-17(22-16)15(3)25-5/h7-9,13-15H,6,10-12H2,1-5H3,(H,19,20). The van der Waals surface area contributed by atoms with Crippen LogP contribution in [0.25, 0.3) is 0 Å². The van der Waals surface area contributed by atoms with E-state index in [9.17, 15) is 0 Å². The van der Waals surface area contributed by atoms with Crippen molar-refractivity contribution < 1.29 is 4.74 Å². The summed E-state index contributed by atoms with van der Waals surface area (Å²) in [6.45, 7) is 9.44. The van der Waals surface area contributed by atoms with Crippen LogP contribution in [0, 0.1) is 5.92 Å². The van der Waals surface area contributed by atoms with Crippen molar-refractivity contribution in [2.24, 2.45) is 10.9 Å². The van der Waals surface area contributed by atoms with Crippen LogP contribution in [0.4, 0.5) is 0 Å². The highest BCUT2D eigenvalue weighted by Crippen LogP contribution is 2.20. The Hall–Kier alpha value is -1.93. The zero-order chi connectivity index (χ0) is 18.9. The molecular weight excluding hydrogens is 348 g/mol. The molecule has 2 heterocycles. The average Bonchev–Trinajstić information content (AvgIpc) is 3.29. The second-order valence-corrected chi connectivity index (χ2v) is 7.33. The average molecular weight is 379 g/mol. The minimum atomic E-state index is 0.0316. The summed E-state index contributed by atoms with van der Waals surface area (Å²) in [4.78, 5) is 11.6. The van der Waals surface area contributed by atoms with Gasteiger partial charge >= 0.3 is 0 Å². The Balaban J connectivity index is 1.94. The second-order valence-electron chi connectivity index (χ2n) is 6.44. The van der Waals surface area contributed by atoms with Gasteiger partial charge in [-0.2, -0.15) is 5.10 Å². The molecule has 0 aliphatic heterocycles. The topological polar surface area (TPSA) is 67.6 Å². The Morgan fingerprint density at radius 1 is 1.46 bits per heavy atom. The van der Waals surface area contributed by atoms with Crippen LogP contribution in [-0.4, -0.2) is 52.9 Å². The van der Waals surface area contributed by atoms with Gasteiger partial charge in [0.25, 0.3) is 0 Å². The van der Waals surface area contributed by atoms with Crippen molar-refractivity contribution in [2.75, 3.05) is 27.2 Å². The van der Waals surface area contributed by atoms with Crippen LogP contribution in [0.5, 0.6) is 0 Å². The largest absolute Gasteiger partial charge is 0.375 e. The van der Waals surface area contributed by atoms with Crippen molar-refractivity contribution >= 4 is 17.3 Å². The van der Waals surface area contributed by atoms with Crippen LogP contribution in [-0.2, 0) is 17.8 Å². The maximum atomic E-state index is 5.34. The predicted octanol–water partition coefficient (Wildman–Crippen LogP) is 2.78. The van der Waals surface area contributed by atoms with E-state index in [-0.39, 0.29) is 6.10 Å². The highest BCUT2D eigenvalue weighted by molar-refractivity contribution is 7.09. The lowest BCUT2D eigenvalue weighted by atomic mass is 10.2. The monoisotopic (exact) mass is 378 g/mol. The molecule has 0 amide bonds. The van der Waals surface area contributed by atoms with Crippen molar-refractivity contribution in [3.63, 3.8) is 0 Å². The van der Waals surface area contributed by atoms with Crippen molar-refractivity contribution in [2.45, 2.75) is 40.0 Å². The molecule has 0 aliphatic rings. The minimum Gasteiger partial charge on any atom is -0.375 e. The Bertz CT molecular complexity index is 669. The number of rotatable bonds is 9. The number of guanidine groups is 1. The Labute approximate surface area is 160 Å². The number of aliphatic imine (C=N–C) groups is 1. The predicted molar refractivity (Wildman–Crippen MR) is 106 cm³/mol. The second kappa shape index (κ2) is 10.3. The molecule has 7 nitrogen and oxygen atoms in total. The number of hydrogen-bond donors (Lipinski definition) is 1. The molecular formula is C18H30N6OS. The molecule has 0 spiro atoms. The number of nitrogens with one attached hydrogen (secondary N) is 1. The van der Waals surface area contributed by atoms with Crippen LogP contribution in [0.1, 0.15) is 37.6 Å². The van der Waals surface area contributed by atoms with Crippen LogP contribution >= 0.6 is 11.3 Å². The Morgan fingerprint density at radius 3 is 2.92 bits per heavy atom. The molecule has 26 heavy (non-hydrogen) atoms.